The Bertz CT molecular complexity index is 487. The summed E-state index contributed by atoms with van der Waals surface area (Å²) in [6.07, 6.45) is 0. The molecule has 0 aliphatic carbocycles. The van der Waals surface area contributed by atoms with Gasteiger partial charge in [0.2, 0.25) is 0 Å². The van der Waals surface area contributed by atoms with E-state index < -0.39 is 17.2 Å². The maximum absolute atomic E-state index is 13.6. The van der Waals surface area contributed by atoms with Crippen LogP contribution >= 0.6 is 0 Å². The highest BCUT2D eigenvalue weighted by atomic mass is 19.1. The maximum atomic E-state index is 13.6. The number of hydrogen-bond acceptors (Lipinski definition) is 2. The molecule has 0 heterocycles. The standard InChI is InChI=1S/C14H21F2N3O/c1-9(2)7-18-13(17)19-8-14(3,20)11-5-4-10(15)6-12(11)16/h4-6,9,20H,7-8H2,1-3H3,(H3,17,18,19). The van der Waals surface area contributed by atoms with Crippen molar-refractivity contribution in [3.05, 3.63) is 35.4 Å². The Hall–Kier alpha value is -1.69. The summed E-state index contributed by atoms with van der Waals surface area (Å²) in [7, 11) is 0. The largest absolute Gasteiger partial charge is 0.383 e. The van der Waals surface area contributed by atoms with E-state index in [-0.39, 0.29) is 18.1 Å². The van der Waals surface area contributed by atoms with Gasteiger partial charge in [0.15, 0.2) is 5.96 Å². The molecule has 0 bridgehead atoms. The van der Waals surface area contributed by atoms with Gasteiger partial charge in [-0.1, -0.05) is 19.9 Å². The highest BCUT2D eigenvalue weighted by Crippen LogP contribution is 2.24. The molecule has 1 unspecified atom stereocenters. The number of guanidine groups is 1. The molecule has 4 N–H and O–H groups in total. The quantitative estimate of drug-likeness (QED) is 0.570. The molecule has 0 amide bonds. The summed E-state index contributed by atoms with van der Waals surface area (Å²) in [6.45, 7) is 5.98. The first kappa shape index (κ1) is 16.4. The lowest BCUT2D eigenvalue weighted by Gasteiger charge is -2.22. The number of aliphatic hydroxyl groups is 1. The van der Waals surface area contributed by atoms with Crippen LogP contribution in [0.5, 0.6) is 0 Å². The minimum absolute atomic E-state index is 0.0145. The molecule has 1 atom stereocenters. The Balaban J connectivity index is 2.76. The molecule has 0 saturated heterocycles. The van der Waals surface area contributed by atoms with Crippen molar-refractivity contribution >= 4 is 5.96 Å². The van der Waals surface area contributed by atoms with Gasteiger partial charge in [0, 0.05) is 18.2 Å². The lowest BCUT2D eigenvalue weighted by molar-refractivity contribution is 0.0633. The first-order valence-corrected chi connectivity index (χ1v) is 6.44. The van der Waals surface area contributed by atoms with Crippen LogP contribution in [0.15, 0.2) is 23.2 Å². The van der Waals surface area contributed by atoms with E-state index in [4.69, 9.17) is 5.73 Å². The van der Waals surface area contributed by atoms with Gasteiger partial charge < -0.3 is 16.2 Å². The zero-order chi connectivity index (χ0) is 15.3. The normalized spacial score (nSPS) is 15.2. The molecule has 1 aromatic rings. The number of benzene rings is 1. The van der Waals surface area contributed by atoms with Crippen molar-refractivity contribution in [1.29, 1.82) is 0 Å². The van der Waals surface area contributed by atoms with Crippen molar-refractivity contribution < 1.29 is 13.9 Å². The second-order valence-corrected chi connectivity index (χ2v) is 5.37. The lowest BCUT2D eigenvalue weighted by Crippen LogP contribution is -2.36. The Morgan fingerprint density at radius 2 is 2.10 bits per heavy atom. The molecule has 0 aromatic heterocycles. The van der Waals surface area contributed by atoms with Gasteiger partial charge in [-0.3, -0.25) is 4.99 Å². The first-order chi connectivity index (χ1) is 9.22. The van der Waals surface area contributed by atoms with Gasteiger partial charge in [-0.2, -0.15) is 0 Å². The van der Waals surface area contributed by atoms with E-state index in [9.17, 15) is 13.9 Å². The van der Waals surface area contributed by atoms with E-state index in [0.29, 0.717) is 12.5 Å². The third-order valence-electron chi connectivity index (χ3n) is 2.76. The maximum Gasteiger partial charge on any atom is 0.188 e. The SMILES string of the molecule is CC(C)CNC(N)=NCC(C)(O)c1ccc(F)cc1F. The lowest BCUT2D eigenvalue weighted by atomic mass is 9.95. The molecule has 0 aliphatic rings. The molecule has 0 fully saturated rings. The number of nitrogens with two attached hydrogens (primary N) is 1. The smallest absolute Gasteiger partial charge is 0.188 e. The fourth-order valence-corrected chi connectivity index (χ4v) is 1.62. The van der Waals surface area contributed by atoms with E-state index in [0.717, 1.165) is 12.1 Å². The zero-order valence-electron chi connectivity index (χ0n) is 12.0. The summed E-state index contributed by atoms with van der Waals surface area (Å²) in [5.74, 6) is -0.914. The second kappa shape index (κ2) is 6.65. The topological polar surface area (TPSA) is 70.6 Å². The third-order valence-corrected chi connectivity index (χ3v) is 2.76. The van der Waals surface area contributed by atoms with Crippen molar-refractivity contribution in [3.8, 4) is 0 Å². The van der Waals surface area contributed by atoms with Crippen LogP contribution < -0.4 is 11.1 Å². The number of nitrogens with zero attached hydrogens (tertiary/aromatic N) is 1. The van der Waals surface area contributed by atoms with Gasteiger partial charge >= 0.3 is 0 Å². The molecule has 112 valence electrons. The Morgan fingerprint density at radius 1 is 1.45 bits per heavy atom. The molecule has 0 saturated carbocycles. The molecule has 0 spiro atoms. The molecule has 0 radical (unpaired) electrons. The van der Waals surface area contributed by atoms with Gasteiger partial charge in [0.1, 0.15) is 17.2 Å². The van der Waals surface area contributed by atoms with Gasteiger partial charge in [0.05, 0.1) is 6.54 Å². The highest BCUT2D eigenvalue weighted by molar-refractivity contribution is 5.77. The molecule has 0 aliphatic heterocycles. The van der Waals surface area contributed by atoms with Crippen LogP contribution in [-0.2, 0) is 5.60 Å². The summed E-state index contributed by atoms with van der Waals surface area (Å²) < 4.78 is 26.5. The first-order valence-electron chi connectivity index (χ1n) is 6.44. The number of nitrogens with one attached hydrogen (secondary N) is 1. The number of halogens is 2. The van der Waals surface area contributed by atoms with E-state index in [2.05, 4.69) is 10.3 Å². The van der Waals surface area contributed by atoms with Crippen molar-refractivity contribution in [2.75, 3.05) is 13.1 Å². The summed E-state index contributed by atoms with van der Waals surface area (Å²) in [5.41, 5.74) is 4.08. The molecule has 20 heavy (non-hydrogen) atoms. The average Bonchev–Trinajstić information content (AvgIpc) is 2.33. The van der Waals surface area contributed by atoms with Gasteiger partial charge in [0.25, 0.3) is 0 Å². The monoisotopic (exact) mass is 285 g/mol. The third kappa shape index (κ3) is 4.77. The van der Waals surface area contributed by atoms with E-state index in [1.807, 2.05) is 13.8 Å². The van der Waals surface area contributed by atoms with Crippen molar-refractivity contribution in [2.45, 2.75) is 26.4 Å². The fraction of sp³-hybridized carbons (Fsp3) is 0.500. The summed E-state index contributed by atoms with van der Waals surface area (Å²) in [5, 5.41) is 13.1. The van der Waals surface area contributed by atoms with Crippen molar-refractivity contribution in [1.82, 2.24) is 5.32 Å². The van der Waals surface area contributed by atoms with Crippen LogP contribution in [0.1, 0.15) is 26.3 Å². The number of aliphatic imine (C=N–C) groups is 1. The number of rotatable bonds is 5. The fourth-order valence-electron chi connectivity index (χ4n) is 1.62. The van der Waals surface area contributed by atoms with Gasteiger partial charge in [-0.15, -0.1) is 0 Å². The number of hydrogen-bond donors (Lipinski definition) is 3. The van der Waals surface area contributed by atoms with E-state index in [1.165, 1.54) is 13.0 Å². The highest BCUT2D eigenvalue weighted by Gasteiger charge is 2.26. The van der Waals surface area contributed by atoms with Crippen LogP contribution in [-0.4, -0.2) is 24.2 Å². The Morgan fingerprint density at radius 3 is 2.65 bits per heavy atom. The van der Waals surface area contributed by atoms with Crippen LogP contribution in [0.2, 0.25) is 0 Å². The average molecular weight is 285 g/mol. The Labute approximate surface area is 117 Å². The second-order valence-electron chi connectivity index (χ2n) is 5.37. The minimum Gasteiger partial charge on any atom is -0.383 e. The van der Waals surface area contributed by atoms with Crippen LogP contribution in [0.3, 0.4) is 0 Å². The molecule has 6 heteroatoms. The molecule has 1 rings (SSSR count). The summed E-state index contributed by atoms with van der Waals surface area (Å²) in [4.78, 5) is 3.98. The van der Waals surface area contributed by atoms with E-state index >= 15 is 0 Å². The van der Waals surface area contributed by atoms with Crippen LogP contribution in [0.4, 0.5) is 8.78 Å². The predicted octanol–water partition coefficient (Wildman–Crippen LogP) is 1.73. The zero-order valence-corrected chi connectivity index (χ0v) is 12.0. The summed E-state index contributed by atoms with van der Waals surface area (Å²) in [6, 6.07) is 3.03. The van der Waals surface area contributed by atoms with Crippen LogP contribution in [0, 0.1) is 17.6 Å². The predicted molar refractivity (Wildman–Crippen MR) is 75.3 cm³/mol. The van der Waals surface area contributed by atoms with Gasteiger partial charge in [-0.05, 0) is 18.9 Å². The van der Waals surface area contributed by atoms with Gasteiger partial charge in [-0.25, -0.2) is 8.78 Å². The van der Waals surface area contributed by atoms with Crippen LogP contribution in [0.25, 0.3) is 0 Å². The van der Waals surface area contributed by atoms with E-state index in [1.54, 1.807) is 0 Å². The Kier molecular flexibility index (Phi) is 5.44. The summed E-state index contributed by atoms with van der Waals surface area (Å²) >= 11 is 0. The van der Waals surface area contributed by atoms with Crippen molar-refractivity contribution in [3.63, 3.8) is 0 Å². The molecular weight excluding hydrogens is 264 g/mol. The van der Waals surface area contributed by atoms with Crippen molar-refractivity contribution in [2.24, 2.45) is 16.6 Å². The molecule has 1 aromatic carbocycles. The molecular formula is C14H21F2N3O. The molecule has 4 nitrogen and oxygen atoms in total. The minimum atomic E-state index is -1.55.